The number of hydrogen-bond donors (Lipinski definition) is 3. The van der Waals surface area contributed by atoms with Crippen molar-refractivity contribution in [3.8, 4) is 0 Å². The maximum absolute atomic E-state index is 11.9. The van der Waals surface area contributed by atoms with E-state index in [4.69, 9.17) is 16.3 Å². The lowest BCUT2D eigenvalue weighted by Crippen LogP contribution is -2.41. The van der Waals surface area contributed by atoms with Gasteiger partial charge in [0, 0.05) is 30.2 Å². The summed E-state index contributed by atoms with van der Waals surface area (Å²) in [7, 11) is 0. The topological polar surface area (TPSA) is 157 Å². The zero-order chi connectivity index (χ0) is 24.4. The number of carbonyl (C=O) groups excluding carboxylic acids is 4. The van der Waals surface area contributed by atoms with Gasteiger partial charge in [0.15, 0.2) is 6.61 Å². The standard InChI is InChI=1S/C21H21ClN4O7/c1-13-9-10-14(11-17(13)26(31)32)23-19(28)12-33-20(29)8-4-7-18(27)24-25-21(30)15-5-2-3-6-16(15)22/h2-3,5-6,9-11H,4,7-8,12H2,1H3,(H,23,28)(H,24,27)(H,25,30). The molecule has 0 saturated carbocycles. The fourth-order valence-electron chi connectivity index (χ4n) is 2.59. The van der Waals surface area contributed by atoms with E-state index in [1.54, 1.807) is 19.1 Å². The molecule has 2 aromatic carbocycles. The maximum atomic E-state index is 11.9. The third kappa shape index (κ3) is 8.22. The Balaban J connectivity index is 1.66. The van der Waals surface area contributed by atoms with Gasteiger partial charge in [0.05, 0.1) is 15.5 Å². The number of nitrogens with zero attached hydrogens (tertiary/aromatic N) is 1. The van der Waals surface area contributed by atoms with Gasteiger partial charge in [-0.05, 0) is 31.5 Å². The van der Waals surface area contributed by atoms with Crippen LogP contribution in [0.1, 0.15) is 35.2 Å². The predicted molar refractivity (Wildman–Crippen MR) is 118 cm³/mol. The zero-order valence-corrected chi connectivity index (χ0v) is 18.3. The summed E-state index contributed by atoms with van der Waals surface area (Å²) in [6, 6.07) is 10.5. The second kappa shape index (κ2) is 12.2. The van der Waals surface area contributed by atoms with Crippen molar-refractivity contribution in [1.82, 2.24) is 10.9 Å². The summed E-state index contributed by atoms with van der Waals surface area (Å²) >= 11 is 5.90. The second-order valence-corrected chi connectivity index (χ2v) is 7.21. The highest BCUT2D eigenvalue weighted by Crippen LogP contribution is 2.22. The molecule has 33 heavy (non-hydrogen) atoms. The minimum atomic E-state index is -0.701. The minimum Gasteiger partial charge on any atom is -0.456 e. The summed E-state index contributed by atoms with van der Waals surface area (Å²) in [5, 5.41) is 13.6. The molecule has 12 heteroatoms. The smallest absolute Gasteiger partial charge is 0.306 e. The molecule has 3 N–H and O–H groups in total. The van der Waals surface area contributed by atoms with E-state index in [0.29, 0.717) is 5.56 Å². The lowest BCUT2D eigenvalue weighted by atomic mass is 10.2. The van der Waals surface area contributed by atoms with Gasteiger partial charge >= 0.3 is 5.97 Å². The second-order valence-electron chi connectivity index (χ2n) is 6.80. The summed E-state index contributed by atoms with van der Waals surface area (Å²) in [5.41, 5.74) is 5.12. The number of anilines is 1. The summed E-state index contributed by atoms with van der Waals surface area (Å²) in [6.45, 7) is 0.985. The number of hydrogen-bond acceptors (Lipinski definition) is 7. The summed E-state index contributed by atoms with van der Waals surface area (Å²) in [6.07, 6.45) is -0.0787. The van der Waals surface area contributed by atoms with E-state index in [1.165, 1.54) is 30.3 Å². The van der Waals surface area contributed by atoms with E-state index in [-0.39, 0.29) is 41.2 Å². The van der Waals surface area contributed by atoms with Crippen molar-refractivity contribution < 1.29 is 28.8 Å². The molecule has 0 fully saturated rings. The van der Waals surface area contributed by atoms with Crippen LogP contribution in [0.15, 0.2) is 42.5 Å². The molecular weight excluding hydrogens is 456 g/mol. The van der Waals surface area contributed by atoms with Gasteiger partial charge in [0.1, 0.15) is 0 Å². The monoisotopic (exact) mass is 476 g/mol. The molecule has 0 heterocycles. The van der Waals surface area contributed by atoms with Crippen molar-refractivity contribution in [2.24, 2.45) is 0 Å². The molecule has 2 rings (SSSR count). The van der Waals surface area contributed by atoms with E-state index in [1.807, 2.05) is 0 Å². The Morgan fingerprint density at radius 3 is 2.45 bits per heavy atom. The highest BCUT2D eigenvalue weighted by atomic mass is 35.5. The predicted octanol–water partition coefficient (Wildman–Crippen LogP) is 2.67. The number of nitro benzene ring substituents is 1. The Hall–Kier alpha value is -3.99. The number of amides is 3. The van der Waals surface area contributed by atoms with E-state index in [9.17, 15) is 29.3 Å². The number of nitrogens with one attached hydrogen (secondary N) is 3. The van der Waals surface area contributed by atoms with E-state index in [0.717, 1.165) is 0 Å². The minimum absolute atomic E-state index is 0.0723. The number of aryl methyl sites for hydroxylation is 1. The van der Waals surface area contributed by atoms with Crippen LogP contribution >= 0.6 is 11.6 Å². The zero-order valence-electron chi connectivity index (χ0n) is 17.6. The van der Waals surface area contributed by atoms with Crippen molar-refractivity contribution >= 4 is 46.7 Å². The quantitative estimate of drug-likeness (QED) is 0.285. The molecule has 0 aliphatic carbocycles. The van der Waals surface area contributed by atoms with Gasteiger partial charge in [-0.1, -0.05) is 29.8 Å². The van der Waals surface area contributed by atoms with Crippen molar-refractivity contribution in [3.05, 3.63) is 68.7 Å². The molecule has 0 aliphatic rings. The number of halogens is 1. The molecule has 0 atom stereocenters. The van der Waals surface area contributed by atoms with E-state index in [2.05, 4.69) is 16.2 Å². The lowest BCUT2D eigenvalue weighted by molar-refractivity contribution is -0.385. The van der Waals surface area contributed by atoms with Gasteiger partial charge in [0.25, 0.3) is 17.5 Å². The van der Waals surface area contributed by atoms with Gasteiger partial charge in [-0.3, -0.25) is 40.1 Å². The van der Waals surface area contributed by atoms with Crippen LogP contribution in [0.5, 0.6) is 0 Å². The molecule has 0 spiro atoms. The van der Waals surface area contributed by atoms with Gasteiger partial charge in [-0.2, -0.15) is 0 Å². The highest BCUT2D eigenvalue weighted by molar-refractivity contribution is 6.33. The van der Waals surface area contributed by atoms with E-state index >= 15 is 0 Å². The van der Waals surface area contributed by atoms with Crippen LogP contribution < -0.4 is 16.2 Å². The Labute approximate surface area is 193 Å². The molecule has 0 aliphatic heterocycles. The van der Waals surface area contributed by atoms with Crippen molar-refractivity contribution in [2.75, 3.05) is 11.9 Å². The first-order chi connectivity index (χ1) is 15.7. The number of esters is 1. The third-order valence-corrected chi connectivity index (χ3v) is 4.60. The van der Waals surface area contributed by atoms with Gasteiger partial charge < -0.3 is 10.1 Å². The van der Waals surface area contributed by atoms with Crippen LogP contribution in [-0.2, 0) is 19.1 Å². The number of benzene rings is 2. The summed E-state index contributed by atoms with van der Waals surface area (Å²) in [5.74, 6) is -2.48. The molecule has 174 valence electrons. The number of nitro groups is 1. The van der Waals surface area contributed by atoms with Crippen LogP contribution in [0.25, 0.3) is 0 Å². The van der Waals surface area contributed by atoms with Crippen molar-refractivity contribution in [1.29, 1.82) is 0 Å². The van der Waals surface area contributed by atoms with Gasteiger partial charge in [-0.15, -0.1) is 0 Å². The van der Waals surface area contributed by atoms with Crippen molar-refractivity contribution in [3.63, 3.8) is 0 Å². The average Bonchev–Trinajstić information content (AvgIpc) is 2.77. The Kier molecular flexibility index (Phi) is 9.30. The number of carbonyl (C=O) groups is 4. The first kappa shape index (κ1) is 25.3. The largest absolute Gasteiger partial charge is 0.456 e. The average molecular weight is 477 g/mol. The lowest BCUT2D eigenvalue weighted by Gasteiger charge is -2.09. The Bertz CT molecular complexity index is 1070. The normalized spacial score (nSPS) is 10.1. The molecule has 0 saturated heterocycles. The molecule has 0 bridgehead atoms. The molecule has 0 unspecified atom stereocenters. The number of ether oxygens (including phenoxy) is 1. The van der Waals surface area contributed by atoms with E-state index < -0.39 is 35.2 Å². The summed E-state index contributed by atoms with van der Waals surface area (Å²) in [4.78, 5) is 57.7. The highest BCUT2D eigenvalue weighted by Gasteiger charge is 2.14. The molecule has 2 aromatic rings. The van der Waals surface area contributed by atoms with Crippen LogP contribution in [0.2, 0.25) is 5.02 Å². The fourth-order valence-corrected chi connectivity index (χ4v) is 2.82. The Morgan fingerprint density at radius 2 is 1.76 bits per heavy atom. The van der Waals surface area contributed by atoms with Gasteiger partial charge in [-0.25, -0.2) is 0 Å². The number of rotatable bonds is 9. The first-order valence-electron chi connectivity index (χ1n) is 9.71. The molecular formula is C21H21ClN4O7. The number of hydrazine groups is 1. The van der Waals surface area contributed by atoms with Gasteiger partial charge in [0.2, 0.25) is 5.91 Å². The molecule has 3 amide bonds. The van der Waals surface area contributed by atoms with Crippen LogP contribution in [0.3, 0.4) is 0 Å². The Morgan fingerprint density at radius 1 is 1.03 bits per heavy atom. The van der Waals surface area contributed by atoms with Crippen LogP contribution in [0, 0.1) is 17.0 Å². The fraction of sp³-hybridized carbons (Fsp3) is 0.238. The first-order valence-corrected chi connectivity index (χ1v) is 10.1. The maximum Gasteiger partial charge on any atom is 0.306 e. The van der Waals surface area contributed by atoms with Crippen LogP contribution in [-0.4, -0.2) is 35.2 Å². The summed E-state index contributed by atoms with van der Waals surface area (Å²) < 4.78 is 4.83. The van der Waals surface area contributed by atoms with Crippen molar-refractivity contribution in [2.45, 2.75) is 26.2 Å². The third-order valence-electron chi connectivity index (χ3n) is 4.27. The molecule has 0 radical (unpaired) electrons. The van der Waals surface area contributed by atoms with Crippen LogP contribution in [0.4, 0.5) is 11.4 Å². The molecule has 11 nitrogen and oxygen atoms in total. The SMILES string of the molecule is Cc1ccc(NC(=O)COC(=O)CCCC(=O)NNC(=O)c2ccccc2Cl)cc1[N+](=O)[O-]. The molecule has 0 aromatic heterocycles.